The van der Waals surface area contributed by atoms with Crippen LogP contribution in [0.4, 0.5) is 4.39 Å². The van der Waals surface area contributed by atoms with Crippen LogP contribution in [0.3, 0.4) is 0 Å². The highest BCUT2D eigenvalue weighted by molar-refractivity contribution is 9.09. The molecule has 1 aliphatic heterocycles. The molecule has 0 bridgehead atoms. The molecule has 104 valence electrons. The summed E-state index contributed by atoms with van der Waals surface area (Å²) in [6.07, 6.45) is 4.94. The zero-order valence-corrected chi connectivity index (χ0v) is 12.9. The van der Waals surface area contributed by atoms with Crippen LogP contribution in [0.25, 0.3) is 0 Å². The van der Waals surface area contributed by atoms with Crippen LogP contribution in [-0.2, 0) is 11.2 Å². The van der Waals surface area contributed by atoms with E-state index in [1.165, 1.54) is 18.4 Å². The highest BCUT2D eigenvalue weighted by Crippen LogP contribution is 2.50. The quantitative estimate of drug-likeness (QED) is 0.751. The first-order chi connectivity index (χ1) is 9.14. The van der Waals surface area contributed by atoms with Crippen molar-refractivity contribution in [2.24, 2.45) is 11.3 Å². The second kappa shape index (κ2) is 5.17. The fraction of sp³-hybridized carbons (Fsp3) is 0.625. The van der Waals surface area contributed by atoms with Gasteiger partial charge in [0.2, 0.25) is 0 Å². The van der Waals surface area contributed by atoms with E-state index in [-0.39, 0.29) is 11.2 Å². The van der Waals surface area contributed by atoms with Gasteiger partial charge in [-0.1, -0.05) is 22.0 Å². The van der Waals surface area contributed by atoms with E-state index >= 15 is 0 Å². The van der Waals surface area contributed by atoms with Gasteiger partial charge in [-0.3, -0.25) is 0 Å². The van der Waals surface area contributed by atoms with Crippen LogP contribution in [0, 0.1) is 24.1 Å². The summed E-state index contributed by atoms with van der Waals surface area (Å²) >= 11 is 3.70. The van der Waals surface area contributed by atoms with E-state index in [0.29, 0.717) is 6.10 Å². The summed E-state index contributed by atoms with van der Waals surface area (Å²) in [5, 5.41) is 0.942. The molecule has 1 saturated carbocycles. The van der Waals surface area contributed by atoms with E-state index in [1.807, 2.05) is 6.07 Å². The average molecular weight is 327 g/mol. The van der Waals surface area contributed by atoms with Crippen molar-refractivity contribution in [2.75, 3.05) is 11.9 Å². The van der Waals surface area contributed by atoms with Crippen LogP contribution < -0.4 is 0 Å². The highest BCUT2D eigenvalue weighted by atomic mass is 79.9. The van der Waals surface area contributed by atoms with E-state index in [2.05, 4.69) is 22.9 Å². The summed E-state index contributed by atoms with van der Waals surface area (Å²) in [6, 6.07) is 5.12. The first kappa shape index (κ1) is 13.6. The number of hydrogen-bond acceptors (Lipinski definition) is 1. The van der Waals surface area contributed by atoms with Crippen LogP contribution in [0.5, 0.6) is 0 Å². The molecular weight excluding hydrogens is 307 g/mol. The van der Waals surface area contributed by atoms with Gasteiger partial charge in [-0.15, -0.1) is 0 Å². The molecule has 2 fully saturated rings. The molecule has 1 aliphatic carbocycles. The molecule has 2 atom stereocenters. The van der Waals surface area contributed by atoms with Crippen molar-refractivity contribution in [2.45, 2.75) is 38.7 Å². The topological polar surface area (TPSA) is 9.23 Å². The van der Waals surface area contributed by atoms with Crippen LogP contribution in [0.1, 0.15) is 30.4 Å². The number of halogens is 2. The van der Waals surface area contributed by atoms with Crippen LogP contribution in [0.15, 0.2) is 18.2 Å². The standard InChI is InChI=1S/C16H20BrFO/c1-11-2-5-14(18)8-13(11)9-16(10-17)6-7-19-15(16)12-3-4-12/h2,5,8,12,15H,3-4,6-7,9-10H2,1H3. The molecule has 1 heterocycles. The van der Waals surface area contributed by atoms with Gasteiger partial charge in [0.1, 0.15) is 5.82 Å². The molecule has 0 aromatic heterocycles. The SMILES string of the molecule is Cc1ccc(F)cc1CC1(CBr)CCOC1C1CC1. The Kier molecular flexibility index (Phi) is 3.69. The summed E-state index contributed by atoms with van der Waals surface area (Å²) in [4.78, 5) is 0. The van der Waals surface area contributed by atoms with E-state index in [9.17, 15) is 4.39 Å². The summed E-state index contributed by atoms with van der Waals surface area (Å²) < 4.78 is 19.5. The molecule has 0 amide bonds. The summed E-state index contributed by atoms with van der Waals surface area (Å²) in [6.45, 7) is 2.92. The third-order valence-corrected chi connectivity index (χ3v) is 5.79. The molecular formula is C16H20BrFO. The molecule has 1 nitrogen and oxygen atoms in total. The Labute approximate surface area is 122 Å². The minimum absolute atomic E-state index is 0.132. The van der Waals surface area contributed by atoms with E-state index in [0.717, 1.165) is 36.3 Å². The smallest absolute Gasteiger partial charge is 0.123 e. The van der Waals surface area contributed by atoms with Gasteiger partial charge < -0.3 is 4.74 Å². The molecule has 1 saturated heterocycles. The number of aryl methyl sites for hydroxylation is 1. The van der Waals surface area contributed by atoms with Crippen LogP contribution in [-0.4, -0.2) is 18.0 Å². The lowest BCUT2D eigenvalue weighted by molar-refractivity contribution is 0.0412. The Hall–Kier alpha value is -0.410. The summed E-state index contributed by atoms with van der Waals surface area (Å²) in [5.74, 6) is 0.598. The number of hydrogen-bond donors (Lipinski definition) is 0. The minimum atomic E-state index is -0.132. The predicted molar refractivity (Wildman–Crippen MR) is 78.1 cm³/mol. The van der Waals surface area contributed by atoms with Gasteiger partial charge in [0.25, 0.3) is 0 Å². The van der Waals surface area contributed by atoms with E-state index < -0.39 is 0 Å². The maximum atomic E-state index is 13.5. The maximum Gasteiger partial charge on any atom is 0.123 e. The van der Waals surface area contributed by atoms with Gasteiger partial charge in [0.05, 0.1) is 6.10 Å². The number of rotatable bonds is 4. The van der Waals surface area contributed by atoms with Crippen LogP contribution in [0.2, 0.25) is 0 Å². The minimum Gasteiger partial charge on any atom is -0.377 e. The Morgan fingerprint density at radius 2 is 2.21 bits per heavy atom. The van der Waals surface area contributed by atoms with Crippen molar-refractivity contribution in [1.29, 1.82) is 0 Å². The average Bonchev–Trinajstić information content (AvgIpc) is 3.16. The van der Waals surface area contributed by atoms with Crippen LogP contribution >= 0.6 is 15.9 Å². The third kappa shape index (κ3) is 2.59. The first-order valence-corrected chi connectivity index (χ1v) is 8.19. The normalized spacial score (nSPS) is 30.8. The van der Waals surface area contributed by atoms with E-state index in [1.54, 1.807) is 12.1 Å². The fourth-order valence-electron chi connectivity index (χ4n) is 3.33. The third-order valence-electron chi connectivity index (χ3n) is 4.67. The van der Waals surface area contributed by atoms with Crippen molar-refractivity contribution in [3.05, 3.63) is 35.1 Å². The second-order valence-electron chi connectivity index (χ2n) is 6.12. The molecule has 0 radical (unpaired) electrons. The zero-order valence-electron chi connectivity index (χ0n) is 11.3. The maximum absolute atomic E-state index is 13.5. The monoisotopic (exact) mass is 326 g/mol. The molecule has 19 heavy (non-hydrogen) atoms. The Morgan fingerprint density at radius 3 is 2.89 bits per heavy atom. The van der Waals surface area contributed by atoms with Gasteiger partial charge in [-0.25, -0.2) is 4.39 Å². The molecule has 1 aromatic rings. The van der Waals surface area contributed by atoms with E-state index in [4.69, 9.17) is 4.74 Å². The lowest BCUT2D eigenvalue weighted by Gasteiger charge is -2.33. The van der Waals surface area contributed by atoms with Gasteiger partial charge >= 0.3 is 0 Å². The van der Waals surface area contributed by atoms with Crippen molar-refractivity contribution in [1.82, 2.24) is 0 Å². The first-order valence-electron chi connectivity index (χ1n) is 7.07. The van der Waals surface area contributed by atoms with Gasteiger partial charge in [0, 0.05) is 17.4 Å². The Bertz CT molecular complexity index is 472. The molecule has 0 N–H and O–H groups in total. The number of alkyl halides is 1. The van der Waals surface area contributed by atoms with Gasteiger partial charge in [-0.2, -0.15) is 0 Å². The molecule has 2 unspecified atom stereocenters. The van der Waals surface area contributed by atoms with Crippen molar-refractivity contribution in [3.63, 3.8) is 0 Å². The molecule has 2 aliphatic rings. The predicted octanol–water partition coefficient (Wildman–Crippen LogP) is 4.26. The number of benzene rings is 1. The summed E-state index contributed by atoms with van der Waals surface area (Å²) in [7, 11) is 0. The Balaban J connectivity index is 1.87. The molecule has 3 rings (SSSR count). The van der Waals surface area contributed by atoms with Crippen molar-refractivity contribution >= 4 is 15.9 Å². The van der Waals surface area contributed by atoms with Crippen molar-refractivity contribution in [3.8, 4) is 0 Å². The van der Waals surface area contributed by atoms with Gasteiger partial charge in [-0.05, 0) is 61.8 Å². The second-order valence-corrected chi connectivity index (χ2v) is 6.68. The highest BCUT2D eigenvalue weighted by Gasteiger charge is 2.50. The lowest BCUT2D eigenvalue weighted by Crippen LogP contribution is -2.36. The molecule has 3 heteroatoms. The number of ether oxygens (including phenoxy) is 1. The summed E-state index contributed by atoms with van der Waals surface area (Å²) in [5.41, 5.74) is 2.47. The molecule has 1 aromatic carbocycles. The fourth-order valence-corrected chi connectivity index (χ4v) is 4.13. The Morgan fingerprint density at radius 1 is 1.42 bits per heavy atom. The lowest BCUT2D eigenvalue weighted by atomic mass is 9.75. The van der Waals surface area contributed by atoms with Gasteiger partial charge in [0.15, 0.2) is 0 Å². The largest absolute Gasteiger partial charge is 0.377 e. The molecule has 0 spiro atoms. The zero-order chi connectivity index (χ0) is 13.5. The van der Waals surface area contributed by atoms with Crippen molar-refractivity contribution < 1.29 is 9.13 Å².